The first-order chi connectivity index (χ1) is 20.3. The van der Waals surface area contributed by atoms with E-state index in [1.165, 1.54) is 103 Å². The van der Waals surface area contributed by atoms with Crippen molar-refractivity contribution in [1.82, 2.24) is 0 Å². The molecule has 0 aromatic heterocycles. The van der Waals surface area contributed by atoms with Crippen molar-refractivity contribution >= 4 is 8.60 Å². The summed E-state index contributed by atoms with van der Waals surface area (Å²) in [7, 11) is -1.53. The molecular weight excluding hydrogens is 527 g/mol. The molecule has 0 spiro atoms. The number of para-hydroxylation sites is 2. The average molecular weight is 587 g/mol. The van der Waals surface area contributed by atoms with Gasteiger partial charge in [0.25, 0.3) is 0 Å². The zero-order chi connectivity index (χ0) is 29.1. The lowest BCUT2D eigenvalue weighted by atomic mass is 10.0. The summed E-state index contributed by atoms with van der Waals surface area (Å²) in [5, 5.41) is 0. The largest absolute Gasteiger partial charge is 0.463 e. The Bertz CT molecular complexity index is 762. The highest BCUT2D eigenvalue weighted by Gasteiger charge is 2.18. The van der Waals surface area contributed by atoms with E-state index in [0.717, 1.165) is 37.4 Å². The van der Waals surface area contributed by atoms with Crippen LogP contribution in [0.2, 0.25) is 0 Å². The maximum atomic E-state index is 6.43. The van der Waals surface area contributed by atoms with Crippen LogP contribution in [0.15, 0.2) is 60.7 Å². The van der Waals surface area contributed by atoms with Crippen LogP contribution in [-0.2, 0) is 9.26 Å². The molecular formula is C36H59O4P. The summed E-state index contributed by atoms with van der Waals surface area (Å²) in [5.41, 5.74) is 0. The molecule has 0 saturated heterocycles. The molecule has 2 rings (SSSR count). The van der Waals surface area contributed by atoms with Crippen LogP contribution in [0.1, 0.15) is 136 Å². The van der Waals surface area contributed by atoms with Crippen LogP contribution >= 0.6 is 8.60 Å². The summed E-state index contributed by atoms with van der Waals surface area (Å²) in [6.45, 7) is 6.05. The van der Waals surface area contributed by atoms with Gasteiger partial charge >= 0.3 is 8.60 Å². The fraction of sp³-hybridized carbons (Fsp3) is 0.667. The van der Waals surface area contributed by atoms with E-state index in [0.29, 0.717) is 12.7 Å². The van der Waals surface area contributed by atoms with E-state index < -0.39 is 8.60 Å². The van der Waals surface area contributed by atoms with Crippen molar-refractivity contribution in [3.8, 4) is 11.5 Å². The summed E-state index contributed by atoms with van der Waals surface area (Å²) in [4.78, 5) is 0. The molecule has 232 valence electrons. The number of hydrogen-bond donors (Lipinski definition) is 0. The van der Waals surface area contributed by atoms with E-state index in [4.69, 9.17) is 18.3 Å². The summed E-state index contributed by atoms with van der Waals surface area (Å²) < 4.78 is 24.7. The molecule has 1 atom stereocenters. The van der Waals surface area contributed by atoms with Crippen LogP contribution in [0.25, 0.3) is 0 Å². The summed E-state index contributed by atoms with van der Waals surface area (Å²) >= 11 is 0. The quantitative estimate of drug-likeness (QED) is 0.0734. The third-order valence-electron chi connectivity index (χ3n) is 7.44. The van der Waals surface area contributed by atoms with Crippen LogP contribution in [0.5, 0.6) is 11.5 Å². The number of unbranched alkanes of at least 4 members (excludes halogenated alkanes) is 14. The molecule has 2 aromatic carbocycles. The van der Waals surface area contributed by atoms with Crippen molar-refractivity contribution in [3.63, 3.8) is 0 Å². The number of ether oxygens (including phenoxy) is 1. The highest BCUT2D eigenvalue weighted by Crippen LogP contribution is 2.41. The molecule has 0 fully saturated rings. The molecule has 0 aliphatic heterocycles. The molecule has 0 aliphatic rings. The summed E-state index contributed by atoms with van der Waals surface area (Å²) in [6, 6.07) is 19.6. The second-order valence-electron chi connectivity index (χ2n) is 11.2. The predicted octanol–water partition coefficient (Wildman–Crippen LogP) is 12.2. The van der Waals surface area contributed by atoms with Gasteiger partial charge in [-0.3, -0.25) is 4.52 Å². The van der Waals surface area contributed by atoms with Gasteiger partial charge in [-0.1, -0.05) is 147 Å². The Morgan fingerprint density at radius 3 is 1.44 bits per heavy atom. The normalized spacial score (nSPS) is 12.1. The van der Waals surface area contributed by atoms with Crippen molar-refractivity contribution in [2.24, 2.45) is 0 Å². The van der Waals surface area contributed by atoms with Gasteiger partial charge in [0, 0.05) is 6.61 Å². The van der Waals surface area contributed by atoms with Crippen LogP contribution < -0.4 is 9.05 Å². The molecule has 0 N–H and O–H groups in total. The van der Waals surface area contributed by atoms with Crippen molar-refractivity contribution < 1.29 is 18.3 Å². The summed E-state index contributed by atoms with van der Waals surface area (Å²) in [5.74, 6) is 1.52. The highest BCUT2D eigenvalue weighted by molar-refractivity contribution is 7.42. The number of hydrogen-bond acceptors (Lipinski definition) is 4. The Labute approximate surface area is 253 Å². The van der Waals surface area contributed by atoms with Gasteiger partial charge in [-0.15, -0.1) is 0 Å². The van der Waals surface area contributed by atoms with Gasteiger partial charge in [-0.05, 0) is 49.9 Å². The fourth-order valence-electron chi connectivity index (χ4n) is 4.96. The third kappa shape index (κ3) is 20.0. The van der Waals surface area contributed by atoms with Gasteiger partial charge < -0.3 is 13.8 Å². The molecule has 41 heavy (non-hydrogen) atoms. The first-order valence-corrected chi connectivity index (χ1v) is 17.9. The maximum absolute atomic E-state index is 6.43. The lowest BCUT2D eigenvalue weighted by molar-refractivity contribution is 0.0335. The van der Waals surface area contributed by atoms with Gasteiger partial charge in [-0.2, -0.15) is 0 Å². The summed E-state index contributed by atoms with van der Waals surface area (Å²) in [6.07, 6.45) is 24.9. The lowest BCUT2D eigenvalue weighted by Crippen LogP contribution is -2.15. The Kier molecular flexibility index (Phi) is 22.6. The van der Waals surface area contributed by atoms with Crippen molar-refractivity contribution in [2.75, 3.05) is 13.2 Å². The van der Waals surface area contributed by atoms with Crippen LogP contribution in [0.4, 0.5) is 0 Å². The predicted molar refractivity (Wildman–Crippen MR) is 176 cm³/mol. The molecule has 2 aromatic rings. The Morgan fingerprint density at radius 1 is 0.488 bits per heavy atom. The Morgan fingerprint density at radius 2 is 0.927 bits per heavy atom. The molecule has 0 aliphatic carbocycles. The molecule has 5 heteroatoms. The molecule has 0 saturated carbocycles. The van der Waals surface area contributed by atoms with Crippen molar-refractivity contribution in [2.45, 2.75) is 142 Å². The van der Waals surface area contributed by atoms with E-state index in [1.807, 2.05) is 60.7 Å². The SMILES string of the molecule is CCCCCCCCCCCCOC(CCCCCCCC)CCCOP(Oc1ccccc1)Oc1ccccc1. The second-order valence-corrected chi connectivity index (χ2v) is 12.3. The van der Waals surface area contributed by atoms with Gasteiger partial charge in [0.15, 0.2) is 0 Å². The van der Waals surface area contributed by atoms with Crippen LogP contribution in [0, 0.1) is 0 Å². The smallest absolute Gasteiger partial charge is 0.418 e. The molecule has 4 nitrogen and oxygen atoms in total. The minimum atomic E-state index is -1.53. The molecule has 0 amide bonds. The van der Waals surface area contributed by atoms with Gasteiger partial charge in [0.1, 0.15) is 11.5 Å². The monoisotopic (exact) mass is 586 g/mol. The average Bonchev–Trinajstić information content (AvgIpc) is 3.00. The molecule has 0 bridgehead atoms. The van der Waals surface area contributed by atoms with E-state index >= 15 is 0 Å². The van der Waals surface area contributed by atoms with Crippen molar-refractivity contribution in [1.29, 1.82) is 0 Å². The molecule has 1 unspecified atom stereocenters. The second kappa shape index (κ2) is 26.1. The molecule has 0 radical (unpaired) electrons. The third-order valence-corrected chi connectivity index (χ3v) is 8.56. The van der Waals surface area contributed by atoms with Gasteiger partial charge in [0.05, 0.1) is 12.7 Å². The van der Waals surface area contributed by atoms with Gasteiger partial charge in [-0.25, -0.2) is 0 Å². The van der Waals surface area contributed by atoms with E-state index in [2.05, 4.69) is 13.8 Å². The maximum Gasteiger partial charge on any atom is 0.463 e. The van der Waals surface area contributed by atoms with E-state index in [9.17, 15) is 0 Å². The minimum Gasteiger partial charge on any atom is -0.418 e. The van der Waals surface area contributed by atoms with Crippen molar-refractivity contribution in [3.05, 3.63) is 60.7 Å². The zero-order valence-electron chi connectivity index (χ0n) is 26.3. The first-order valence-electron chi connectivity index (χ1n) is 16.8. The fourth-order valence-corrected chi connectivity index (χ4v) is 5.97. The Balaban J connectivity index is 1.70. The zero-order valence-corrected chi connectivity index (χ0v) is 27.2. The minimum absolute atomic E-state index is 0.319. The Hall–Kier alpha value is -1.61. The van der Waals surface area contributed by atoms with E-state index in [-0.39, 0.29) is 0 Å². The lowest BCUT2D eigenvalue weighted by Gasteiger charge is -2.20. The van der Waals surface area contributed by atoms with Crippen LogP contribution in [-0.4, -0.2) is 19.3 Å². The van der Waals surface area contributed by atoms with Crippen LogP contribution in [0.3, 0.4) is 0 Å². The van der Waals surface area contributed by atoms with E-state index in [1.54, 1.807) is 0 Å². The van der Waals surface area contributed by atoms with Gasteiger partial charge in [0.2, 0.25) is 0 Å². The topological polar surface area (TPSA) is 36.9 Å². The highest BCUT2D eigenvalue weighted by atomic mass is 31.2. The first kappa shape index (κ1) is 35.6. The molecule has 0 heterocycles. The number of benzene rings is 2. The number of rotatable bonds is 28. The standard InChI is InChI=1S/C36H59O4P/c1-3-5-7-9-11-12-13-14-16-24-32-37-34(26-19-15-10-8-6-4-2)31-25-33-38-41(39-35-27-20-17-21-28-35)40-36-29-22-18-23-30-36/h17-18,20-23,27-30,34H,3-16,19,24-26,31-33H2,1-2H3.